The fourth-order valence-electron chi connectivity index (χ4n) is 1.94. The van der Waals surface area contributed by atoms with Crippen molar-refractivity contribution < 1.29 is 4.79 Å². The second kappa shape index (κ2) is 6.08. The fraction of sp³-hybridized carbons (Fsp3) is 0.214. The number of nitrogens with zero attached hydrogens (tertiary/aromatic N) is 3. The number of anilines is 2. The average molecular weight is 287 g/mol. The van der Waals surface area contributed by atoms with Crippen molar-refractivity contribution in [1.82, 2.24) is 9.55 Å². The van der Waals surface area contributed by atoms with Crippen LogP contribution >= 0.6 is 0 Å². The van der Waals surface area contributed by atoms with Crippen molar-refractivity contribution in [3.8, 4) is 0 Å². The van der Waals surface area contributed by atoms with Gasteiger partial charge in [-0.25, -0.2) is 4.98 Å². The molecular weight excluding hydrogens is 270 g/mol. The maximum atomic E-state index is 12.1. The lowest BCUT2D eigenvalue weighted by Crippen LogP contribution is -2.38. The Morgan fingerprint density at radius 3 is 2.62 bits per heavy atom. The van der Waals surface area contributed by atoms with E-state index >= 15 is 0 Å². The maximum absolute atomic E-state index is 12.1. The van der Waals surface area contributed by atoms with E-state index in [9.17, 15) is 9.59 Å². The highest BCUT2D eigenvalue weighted by molar-refractivity contribution is 5.79. The van der Waals surface area contributed by atoms with Gasteiger partial charge in [-0.05, 0) is 17.7 Å². The number of primary amides is 1. The quantitative estimate of drug-likeness (QED) is 0.744. The highest BCUT2D eigenvalue weighted by atomic mass is 16.1. The van der Waals surface area contributed by atoms with Crippen LogP contribution in [0.15, 0.2) is 41.5 Å². The molecule has 0 spiro atoms. The number of hydrogen-bond acceptors (Lipinski definition) is 5. The Labute approximate surface area is 121 Å². The molecular formula is C14H17N5O2. The predicted octanol–water partition coefficient (Wildman–Crippen LogP) is -0.146. The normalized spacial score (nSPS) is 10.3. The van der Waals surface area contributed by atoms with E-state index in [0.29, 0.717) is 12.2 Å². The number of amides is 1. The monoisotopic (exact) mass is 287 g/mol. The zero-order valence-corrected chi connectivity index (χ0v) is 11.7. The van der Waals surface area contributed by atoms with Crippen molar-refractivity contribution in [3.63, 3.8) is 0 Å². The molecule has 7 nitrogen and oxygen atoms in total. The SMILES string of the molecule is Cn1ccnc(N(CC(N)=O)Cc2ccc(N)cc2)c1=O. The lowest BCUT2D eigenvalue weighted by molar-refractivity contribution is -0.116. The Hall–Kier alpha value is -2.83. The van der Waals surface area contributed by atoms with Crippen LogP contribution in [0.5, 0.6) is 0 Å². The van der Waals surface area contributed by atoms with Gasteiger partial charge in [-0.3, -0.25) is 9.59 Å². The number of rotatable bonds is 5. The molecule has 110 valence electrons. The number of carbonyl (C=O) groups excluding carboxylic acids is 1. The molecule has 2 aromatic rings. The molecule has 0 bridgehead atoms. The molecule has 2 rings (SSSR count). The van der Waals surface area contributed by atoms with Crippen molar-refractivity contribution in [2.75, 3.05) is 17.2 Å². The van der Waals surface area contributed by atoms with Crippen LogP contribution < -0.4 is 21.9 Å². The minimum absolute atomic E-state index is 0.0867. The first-order valence-electron chi connectivity index (χ1n) is 6.36. The summed E-state index contributed by atoms with van der Waals surface area (Å²) in [6.45, 7) is 0.256. The summed E-state index contributed by atoms with van der Waals surface area (Å²) in [4.78, 5) is 29.0. The van der Waals surface area contributed by atoms with Gasteiger partial charge >= 0.3 is 0 Å². The molecule has 7 heteroatoms. The number of benzene rings is 1. The van der Waals surface area contributed by atoms with Crippen LogP contribution in [0.4, 0.5) is 11.5 Å². The molecule has 1 amide bonds. The molecule has 1 heterocycles. The van der Waals surface area contributed by atoms with Crippen molar-refractivity contribution >= 4 is 17.4 Å². The summed E-state index contributed by atoms with van der Waals surface area (Å²) in [6.07, 6.45) is 3.06. The van der Waals surface area contributed by atoms with Gasteiger partial charge in [0, 0.05) is 31.7 Å². The largest absolute Gasteiger partial charge is 0.399 e. The molecule has 0 unspecified atom stereocenters. The third-order valence-electron chi connectivity index (χ3n) is 3.00. The van der Waals surface area contributed by atoms with E-state index < -0.39 is 5.91 Å². The summed E-state index contributed by atoms with van der Waals surface area (Å²) >= 11 is 0. The Bertz CT molecular complexity index is 693. The van der Waals surface area contributed by atoms with Crippen LogP contribution in [0, 0.1) is 0 Å². The molecule has 0 saturated carbocycles. The average Bonchev–Trinajstić information content (AvgIpc) is 2.43. The van der Waals surface area contributed by atoms with Gasteiger partial charge in [0.05, 0.1) is 6.54 Å². The standard InChI is InChI=1S/C14H17N5O2/c1-18-7-6-17-13(14(18)21)19(9-12(16)20)8-10-2-4-11(15)5-3-10/h2-7H,8-9,15H2,1H3,(H2,16,20). The smallest absolute Gasteiger partial charge is 0.293 e. The van der Waals surface area contributed by atoms with Gasteiger partial charge in [0.15, 0.2) is 5.82 Å². The number of aryl methyl sites for hydroxylation is 1. The lowest BCUT2D eigenvalue weighted by Gasteiger charge is -2.21. The Morgan fingerprint density at radius 1 is 1.33 bits per heavy atom. The van der Waals surface area contributed by atoms with Crippen LogP contribution in [0.25, 0.3) is 0 Å². The molecule has 0 aliphatic rings. The molecule has 1 aromatic heterocycles. The van der Waals surface area contributed by atoms with Crippen LogP contribution in [0.1, 0.15) is 5.56 Å². The summed E-state index contributed by atoms with van der Waals surface area (Å²) in [5.74, 6) is -0.339. The summed E-state index contributed by atoms with van der Waals surface area (Å²) in [5, 5.41) is 0. The Morgan fingerprint density at radius 2 is 2.00 bits per heavy atom. The third-order valence-corrected chi connectivity index (χ3v) is 3.00. The zero-order valence-electron chi connectivity index (χ0n) is 11.7. The first kappa shape index (κ1) is 14.6. The number of aromatic nitrogens is 2. The molecule has 0 radical (unpaired) electrons. The number of hydrogen-bond donors (Lipinski definition) is 2. The van der Waals surface area contributed by atoms with Gasteiger partial charge < -0.3 is 20.9 Å². The van der Waals surface area contributed by atoms with Gasteiger partial charge in [-0.2, -0.15) is 0 Å². The molecule has 1 aromatic carbocycles. The van der Waals surface area contributed by atoms with Crippen molar-refractivity contribution in [2.24, 2.45) is 12.8 Å². The van der Waals surface area contributed by atoms with Crippen LogP contribution in [-0.2, 0) is 18.4 Å². The second-order valence-corrected chi connectivity index (χ2v) is 4.73. The van der Waals surface area contributed by atoms with Gasteiger partial charge in [-0.15, -0.1) is 0 Å². The van der Waals surface area contributed by atoms with Gasteiger partial charge in [0.2, 0.25) is 5.91 Å². The fourth-order valence-corrected chi connectivity index (χ4v) is 1.94. The van der Waals surface area contributed by atoms with Crippen molar-refractivity contribution in [2.45, 2.75) is 6.54 Å². The first-order chi connectivity index (χ1) is 9.97. The van der Waals surface area contributed by atoms with E-state index in [4.69, 9.17) is 11.5 Å². The first-order valence-corrected chi connectivity index (χ1v) is 6.36. The van der Waals surface area contributed by atoms with Crippen LogP contribution in [0.3, 0.4) is 0 Å². The Balaban J connectivity index is 2.34. The van der Waals surface area contributed by atoms with Crippen LogP contribution in [0.2, 0.25) is 0 Å². The molecule has 0 fully saturated rings. The highest BCUT2D eigenvalue weighted by Gasteiger charge is 2.15. The highest BCUT2D eigenvalue weighted by Crippen LogP contribution is 2.12. The zero-order chi connectivity index (χ0) is 15.4. The summed E-state index contributed by atoms with van der Waals surface area (Å²) in [6, 6.07) is 7.18. The summed E-state index contributed by atoms with van der Waals surface area (Å²) in [7, 11) is 1.62. The summed E-state index contributed by atoms with van der Waals surface area (Å²) in [5.41, 5.74) is 12.2. The number of carbonyl (C=O) groups is 1. The van der Waals surface area contributed by atoms with Gasteiger partial charge in [0.1, 0.15) is 0 Å². The molecule has 0 aliphatic heterocycles. The topological polar surface area (TPSA) is 107 Å². The number of nitrogens with two attached hydrogens (primary N) is 2. The van der Waals surface area contributed by atoms with Gasteiger partial charge in [-0.1, -0.05) is 12.1 Å². The van der Waals surface area contributed by atoms with Crippen molar-refractivity contribution in [3.05, 3.63) is 52.6 Å². The van der Waals surface area contributed by atoms with E-state index in [0.717, 1.165) is 5.56 Å². The molecule has 0 saturated heterocycles. The minimum atomic E-state index is -0.529. The van der Waals surface area contributed by atoms with E-state index in [2.05, 4.69) is 4.98 Å². The third kappa shape index (κ3) is 3.59. The van der Waals surface area contributed by atoms with Crippen molar-refractivity contribution in [1.29, 1.82) is 0 Å². The second-order valence-electron chi connectivity index (χ2n) is 4.73. The van der Waals surface area contributed by atoms with E-state index in [1.807, 2.05) is 12.1 Å². The summed E-state index contributed by atoms with van der Waals surface area (Å²) < 4.78 is 1.40. The van der Waals surface area contributed by atoms with E-state index in [1.165, 1.54) is 10.8 Å². The van der Waals surface area contributed by atoms with Gasteiger partial charge in [0.25, 0.3) is 5.56 Å². The van der Waals surface area contributed by atoms with E-state index in [-0.39, 0.29) is 17.9 Å². The Kier molecular flexibility index (Phi) is 4.22. The predicted molar refractivity (Wildman–Crippen MR) is 80.6 cm³/mol. The molecule has 0 atom stereocenters. The molecule has 0 aliphatic carbocycles. The lowest BCUT2D eigenvalue weighted by atomic mass is 10.2. The maximum Gasteiger partial charge on any atom is 0.293 e. The molecule has 4 N–H and O–H groups in total. The number of nitrogen functional groups attached to an aromatic ring is 1. The minimum Gasteiger partial charge on any atom is -0.399 e. The molecule has 21 heavy (non-hydrogen) atoms. The van der Waals surface area contributed by atoms with E-state index in [1.54, 1.807) is 30.3 Å². The van der Waals surface area contributed by atoms with Crippen LogP contribution in [-0.4, -0.2) is 22.0 Å².